The van der Waals surface area contributed by atoms with Gasteiger partial charge in [-0.3, -0.25) is 9.59 Å². The summed E-state index contributed by atoms with van der Waals surface area (Å²) in [6.07, 6.45) is -0.348. The fourth-order valence-electron chi connectivity index (χ4n) is 3.39. The number of hydrogen-bond acceptors (Lipinski definition) is 6. The van der Waals surface area contributed by atoms with E-state index in [0.29, 0.717) is 0 Å². The number of aliphatic carboxylic acids is 1. The summed E-state index contributed by atoms with van der Waals surface area (Å²) in [4.78, 5) is 23.9. The Morgan fingerprint density at radius 1 is 1.28 bits per heavy atom. The van der Waals surface area contributed by atoms with E-state index in [-0.39, 0.29) is 25.8 Å². The lowest BCUT2D eigenvalue weighted by atomic mass is 9.96. The molecule has 1 heterocycles. The molecule has 162 valence electrons. The number of hydrogen-bond donors (Lipinski definition) is 2. The molecule has 3 atom stereocenters. The molecule has 0 bridgehead atoms. The molecule has 1 saturated heterocycles. The van der Waals surface area contributed by atoms with Crippen molar-refractivity contribution in [2.24, 2.45) is 17.6 Å². The number of ether oxygens (including phenoxy) is 1. The number of sulfonamides is 1. The fourth-order valence-corrected chi connectivity index (χ4v) is 5.23. The predicted molar refractivity (Wildman–Crippen MR) is 108 cm³/mol. The molecule has 0 spiro atoms. The third-order valence-electron chi connectivity index (χ3n) is 4.78. The van der Waals surface area contributed by atoms with E-state index in [4.69, 9.17) is 10.5 Å². The molecule has 0 saturated carbocycles. The summed E-state index contributed by atoms with van der Waals surface area (Å²) in [5.74, 6) is -3.66. The van der Waals surface area contributed by atoms with Crippen molar-refractivity contribution in [2.75, 3.05) is 12.3 Å². The van der Waals surface area contributed by atoms with Crippen LogP contribution in [0.5, 0.6) is 0 Å². The molecule has 0 aromatic heterocycles. The Morgan fingerprint density at radius 2 is 1.90 bits per heavy atom. The number of carboxylic acids is 1. The minimum atomic E-state index is -3.91. The average molecular weight is 427 g/mol. The van der Waals surface area contributed by atoms with E-state index < -0.39 is 51.3 Å². The van der Waals surface area contributed by atoms with E-state index in [0.717, 1.165) is 9.87 Å². The summed E-state index contributed by atoms with van der Waals surface area (Å²) >= 11 is 0. The van der Waals surface area contributed by atoms with Crippen LogP contribution in [0.25, 0.3) is 0 Å². The van der Waals surface area contributed by atoms with Gasteiger partial charge in [0.1, 0.15) is 5.60 Å². The van der Waals surface area contributed by atoms with E-state index in [2.05, 4.69) is 0 Å². The Labute approximate surface area is 172 Å². The lowest BCUT2D eigenvalue weighted by Gasteiger charge is -2.36. The molecule has 0 amide bonds. The summed E-state index contributed by atoms with van der Waals surface area (Å²) in [6.45, 7) is 5.36. The van der Waals surface area contributed by atoms with E-state index >= 15 is 0 Å². The number of piperidine rings is 1. The van der Waals surface area contributed by atoms with Crippen molar-refractivity contribution in [2.45, 2.75) is 51.8 Å². The number of carboxylic acid groups (broad SMARTS) is 1. The first-order chi connectivity index (χ1) is 13.4. The maximum Gasteiger partial charge on any atom is 0.309 e. The Morgan fingerprint density at radius 3 is 2.41 bits per heavy atom. The number of benzene rings is 1. The van der Waals surface area contributed by atoms with Gasteiger partial charge in [0.15, 0.2) is 0 Å². The van der Waals surface area contributed by atoms with Gasteiger partial charge in [-0.25, -0.2) is 8.42 Å². The van der Waals surface area contributed by atoms with Crippen molar-refractivity contribution >= 4 is 22.0 Å². The van der Waals surface area contributed by atoms with Gasteiger partial charge in [0, 0.05) is 6.54 Å². The molecule has 1 aliphatic rings. The maximum atomic E-state index is 12.9. The first-order valence-electron chi connectivity index (χ1n) is 9.64. The minimum absolute atomic E-state index is 0.0606. The topological polar surface area (TPSA) is 127 Å². The molecule has 8 nitrogen and oxygen atoms in total. The van der Waals surface area contributed by atoms with Gasteiger partial charge in [-0.2, -0.15) is 4.31 Å². The zero-order valence-electron chi connectivity index (χ0n) is 17.1. The number of carbonyl (C=O) groups excluding carboxylic acids is 1. The number of nitrogens with two attached hydrogens (primary N) is 1. The molecule has 1 aliphatic heterocycles. The first-order valence-corrected chi connectivity index (χ1v) is 11.2. The molecule has 2 rings (SSSR count). The Hall–Kier alpha value is -1.97. The number of esters is 1. The lowest BCUT2D eigenvalue weighted by Crippen LogP contribution is -2.53. The van der Waals surface area contributed by atoms with Gasteiger partial charge >= 0.3 is 11.9 Å². The van der Waals surface area contributed by atoms with E-state index in [9.17, 15) is 23.1 Å². The van der Waals surface area contributed by atoms with E-state index in [1.165, 1.54) is 0 Å². The van der Waals surface area contributed by atoms with E-state index in [1.54, 1.807) is 45.0 Å². The molecular weight excluding hydrogens is 396 g/mol. The Bertz CT molecular complexity index is 819. The smallest absolute Gasteiger partial charge is 0.309 e. The molecular formula is C20H30N2O6S. The highest BCUT2D eigenvalue weighted by Gasteiger charge is 2.39. The van der Waals surface area contributed by atoms with Gasteiger partial charge in [-0.15, -0.1) is 0 Å². The van der Waals surface area contributed by atoms with Crippen LogP contribution >= 0.6 is 0 Å². The van der Waals surface area contributed by atoms with Crippen molar-refractivity contribution in [3.05, 3.63) is 35.9 Å². The van der Waals surface area contributed by atoms with Crippen LogP contribution in [0, 0.1) is 11.8 Å². The second-order valence-electron chi connectivity index (χ2n) is 8.44. The highest BCUT2D eigenvalue weighted by atomic mass is 32.2. The fraction of sp³-hybridized carbons (Fsp3) is 0.600. The highest BCUT2D eigenvalue weighted by Crippen LogP contribution is 2.27. The van der Waals surface area contributed by atoms with Gasteiger partial charge in [-0.05, 0) is 45.6 Å². The van der Waals surface area contributed by atoms with Crippen LogP contribution in [0.15, 0.2) is 30.3 Å². The number of nitrogens with zero attached hydrogens (tertiary/aromatic N) is 1. The molecule has 0 radical (unpaired) electrons. The molecule has 0 aliphatic carbocycles. The monoisotopic (exact) mass is 426 g/mol. The van der Waals surface area contributed by atoms with Crippen molar-refractivity contribution in [1.82, 2.24) is 4.31 Å². The summed E-state index contributed by atoms with van der Waals surface area (Å²) in [5, 5.41) is 9.51. The van der Waals surface area contributed by atoms with Crippen molar-refractivity contribution in [3.8, 4) is 0 Å². The molecule has 1 aromatic carbocycles. The zero-order chi connectivity index (χ0) is 21.8. The zero-order valence-corrected chi connectivity index (χ0v) is 17.9. The Balaban J connectivity index is 2.05. The van der Waals surface area contributed by atoms with Gasteiger partial charge in [-0.1, -0.05) is 30.3 Å². The second kappa shape index (κ2) is 9.23. The standard InChI is InChI=1S/C20H30N2O6S/c1-20(2,3)28-19(25)15-9-10-22(17(21)12-15)29(26,27)13-16(18(23)24)11-14-7-5-4-6-8-14/h4-8,15-17H,9-13,21H2,1-3H3,(H,23,24). The van der Waals surface area contributed by atoms with Gasteiger partial charge in [0.2, 0.25) is 10.0 Å². The van der Waals surface area contributed by atoms with Crippen LogP contribution in [0.3, 0.4) is 0 Å². The van der Waals surface area contributed by atoms with Gasteiger partial charge < -0.3 is 15.6 Å². The lowest BCUT2D eigenvalue weighted by molar-refractivity contribution is -0.161. The van der Waals surface area contributed by atoms with Crippen LogP contribution in [-0.4, -0.2) is 53.8 Å². The largest absolute Gasteiger partial charge is 0.481 e. The van der Waals surface area contributed by atoms with E-state index in [1.807, 2.05) is 6.07 Å². The van der Waals surface area contributed by atoms with Crippen LogP contribution < -0.4 is 5.73 Å². The third kappa shape index (κ3) is 6.80. The van der Waals surface area contributed by atoms with Crippen molar-refractivity contribution < 1.29 is 27.9 Å². The summed E-state index contributed by atoms with van der Waals surface area (Å²) in [7, 11) is -3.91. The Kier molecular flexibility index (Phi) is 7.42. The molecule has 29 heavy (non-hydrogen) atoms. The normalized spacial score (nSPS) is 22.1. The molecule has 3 N–H and O–H groups in total. The van der Waals surface area contributed by atoms with Gasteiger partial charge in [0.05, 0.1) is 23.8 Å². The summed E-state index contributed by atoms with van der Waals surface area (Å²) in [6, 6.07) is 8.89. The van der Waals surface area contributed by atoms with Crippen LogP contribution in [0.4, 0.5) is 0 Å². The minimum Gasteiger partial charge on any atom is -0.481 e. The molecule has 9 heteroatoms. The van der Waals surface area contributed by atoms with Crippen molar-refractivity contribution in [1.29, 1.82) is 0 Å². The number of rotatable bonds is 7. The maximum absolute atomic E-state index is 12.9. The molecule has 1 fully saturated rings. The van der Waals surface area contributed by atoms with Crippen LogP contribution in [-0.2, 0) is 30.8 Å². The first kappa shape index (κ1) is 23.3. The number of carbonyl (C=O) groups is 2. The van der Waals surface area contributed by atoms with Crippen LogP contribution in [0.2, 0.25) is 0 Å². The second-order valence-corrected chi connectivity index (χ2v) is 10.4. The summed E-state index contributed by atoms with van der Waals surface area (Å²) < 4.78 is 32.2. The summed E-state index contributed by atoms with van der Waals surface area (Å²) in [5.41, 5.74) is 6.18. The quantitative estimate of drug-likeness (QED) is 0.634. The molecule has 1 aromatic rings. The van der Waals surface area contributed by atoms with Crippen molar-refractivity contribution in [3.63, 3.8) is 0 Å². The molecule has 3 unspecified atom stereocenters. The third-order valence-corrected chi connectivity index (χ3v) is 6.77. The highest BCUT2D eigenvalue weighted by molar-refractivity contribution is 7.89. The SMILES string of the molecule is CC(C)(C)OC(=O)C1CCN(S(=O)(=O)CC(Cc2ccccc2)C(=O)O)C(N)C1. The van der Waals surface area contributed by atoms with Crippen LogP contribution in [0.1, 0.15) is 39.2 Å². The average Bonchev–Trinajstić information content (AvgIpc) is 2.60. The van der Waals surface area contributed by atoms with Gasteiger partial charge in [0.25, 0.3) is 0 Å². The predicted octanol–water partition coefficient (Wildman–Crippen LogP) is 1.60.